The first-order valence-electron chi connectivity index (χ1n) is 31.6. The minimum atomic E-state index is -1.96. The molecule has 29 heteroatoms. The highest BCUT2D eigenvalue weighted by Crippen LogP contribution is 2.75. The van der Waals surface area contributed by atoms with Crippen LogP contribution in [-0.2, 0) is 47.4 Å². The summed E-state index contributed by atoms with van der Waals surface area (Å²) in [6.07, 6.45) is -37.7. The van der Waals surface area contributed by atoms with Crippen molar-refractivity contribution < 1.29 is 144 Å². The molecular formula is C60H102O29. The summed E-state index contributed by atoms with van der Waals surface area (Å²) in [4.78, 5) is 0. The lowest BCUT2D eigenvalue weighted by atomic mass is 9.38. The topological polar surface area (TPSA) is 477 Å². The zero-order valence-corrected chi connectivity index (χ0v) is 51.8. The second-order valence-corrected chi connectivity index (χ2v) is 28.7. The fraction of sp³-hybridized carbons (Fsp3) is 0.967. The van der Waals surface area contributed by atoms with Crippen molar-refractivity contribution in [3.05, 3.63) is 11.6 Å². The summed E-state index contributed by atoms with van der Waals surface area (Å²) in [5.74, 6) is -0.0172. The maximum atomic E-state index is 12.8. The Labute approximate surface area is 517 Å². The van der Waals surface area contributed by atoms with Crippen LogP contribution in [-0.4, -0.2) is 308 Å². The maximum Gasteiger partial charge on any atom is 0.187 e. The molecular weight excluding hydrogens is 1180 g/mol. The molecule has 9 rings (SSSR count). The van der Waals surface area contributed by atoms with Crippen molar-refractivity contribution in [2.45, 2.75) is 284 Å². The van der Waals surface area contributed by atoms with Crippen LogP contribution in [0.1, 0.15) is 107 Å². The Hall–Kier alpha value is -1.42. The first-order chi connectivity index (χ1) is 41.7. The maximum absolute atomic E-state index is 12.8. The Balaban J connectivity index is 0.884. The predicted octanol–water partition coefficient (Wildman–Crippen LogP) is -5.41. The van der Waals surface area contributed by atoms with Crippen molar-refractivity contribution in [2.24, 2.45) is 45.3 Å². The summed E-state index contributed by atoms with van der Waals surface area (Å²) in [5, 5.41) is 205. The van der Waals surface area contributed by atoms with Gasteiger partial charge in [0, 0.05) is 10.8 Å². The van der Waals surface area contributed by atoms with E-state index in [1.54, 1.807) is 0 Å². The lowest BCUT2D eigenvalue weighted by Gasteiger charge is -2.67. The quantitative estimate of drug-likeness (QED) is 0.0506. The van der Waals surface area contributed by atoms with Crippen LogP contribution >= 0.6 is 0 Å². The third-order valence-corrected chi connectivity index (χ3v) is 22.9. The van der Waals surface area contributed by atoms with E-state index in [0.29, 0.717) is 32.1 Å². The first kappa shape index (κ1) is 71.9. The molecule has 0 spiro atoms. The van der Waals surface area contributed by atoms with Crippen LogP contribution < -0.4 is 0 Å². The largest absolute Gasteiger partial charge is 0.394 e. The Morgan fingerprint density at radius 1 is 0.517 bits per heavy atom. The van der Waals surface area contributed by atoms with Crippen LogP contribution in [0.15, 0.2) is 11.6 Å². The van der Waals surface area contributed by atoms with E-state index in [2.05, 4.69) is 33.8 Å². The molecule has 0 radical (unpaired) electrons. The molecule has 0 bridgehead atoms. The second-order valence-electron chi connectivity index (χ2n) is 28.7. The monoisotopic (exact) mass is 1290 g/mol. The summed E-state index contributed by atoms with van der Waals surface area (Å²) in [7, 11) is 0. The van der Waals surface area contributed by atoms with E-state index < -0.39 is 227 Å². The molecule has 0 unspecified atom stereocenters. The molecule has 0 aromatic carbocycles. The molecule has 9 aliphatic rings. The van der Waals surface area contributed by atoms with Gasteiger partial charge in [0.1, 0.15) is 122 Å². The molecule has 5 aliphatic heterocycles. The van der Waals surface area contributed by atoms with Crippen molar-refractivity contribution in [3.8, 4) is 0 Å². The summed E-state index contributed by atoms with van der Waals surface area (Å²) < 4.78 is 59.5. The average molecular weight is 1290 g/mol. The summed E-state index contributed by atoms with van der Waals surface area (Å²) in [6, 6.07) is 0. The van der Waals surface area contributed by atoms with Crippen LogP contribution in [0.3, 0.4) is 0 Å². The van der Waals surface area contributed by atoms with Gasteiger partial charge in [-0.25, -0.2) is 0 Å². The number of allylic oxidation sites excluding steroid dienone is 1. The molecule has 0 aromatic heterocycles. The van der Waals surface area contributed by atoms with E-state index in [1.807, 2.05) is 13.8 Å². The van der Waals surface area contributed by atoms with Crippen LogP contribution in [0.2, 0.25) is 0 Å². The minimum absolute atomic E-state index is 0.0310. The third kappa shape index (κ3) is 13.0. The molecule has 4 aliphatic carbocycles. The zero-order chi connectivity index (χ0) is 65.5. The minimum Gasteiger partial charge on any atom is -0.394 e. The number of aliphatic hydroxyl groups excluding tert-OH is 18. The molecule has 8 fully saturated rings. The van der Waals surface area contributed by atoms with Crippen LogP contribution in [0.4, 0.5) is 0 Å². The number of ether oxygens (including phenoxy) is 10. The molecule has 516 valence electrons. The van der Waals surface area contributed by atoms with Crippen molar-refractivity contribution >= 4 is 0 Å². The van der Waals surface area contributed by atoms with Crippen molar-refractivity contribution in [1.82, 2.24) is 0 Å². The second kappa shape index (κ2) is 27.6. The fourth-order valence-corrected chi connectivity index (χ4v) is 17.1. The number of fused-ring (bicyclic) bond motifs is 5. The zero-order valence-electron chi connectivity index (χ0n) is 51.8. The van der Waals surface area contributed by atoms with Crippen LogP contribution in [0.5, 0.6) is 0 Å². The van der Waals surface area contributed by atoms with Crippen molar-refractivity contribution in [2.75, 3.05) is 33.0 Å². The Morgan fingerprint density at radius 3 is 1.52 bits per heavy atom. The Kier molecular flexibility index (Phi) is 22.3. The van der Waals surface area contributed by atoms with Crippen molar-refractivity contribution in [1.29, 1.82) is 0 Å². The fourth-order valence-electron chi connectivity index (χ4n) is 17.1. The van der Waals surface area contributed by atoms with Gasteiger partial charge in [0.2, 0.25) is 0 Å². The van der Waals surface area contributed by atoms with Crippen LogP contribution in [0, 0.1) is 45.3 Å². The summed E-state index contributed by atoms with van der Waals surface area (Å²) >= 11 is 0. The molecule has 19 N–H and O–H groups in total. The normalized spacial score (nSPS) is 51.8. The van der Waals surface area contributed by atoms with E-state index in [9.17, 15) is 97.0 Å². The van der Waals surface area contributed by atoms with Gasteiger partial charge in [0.15, 0.2) is 31.5 Å². The average Bonchev–Trinajstić information content (AvgIpc) is 1.66. The molecule has 5 heterocycles. The number of hydrogen-bond donors (Lipinski definition) is 19. The number of aliphatic hydroxyl groups is 19. The van der Waals surface area contributed by atoms with Crippen molar-refractivity contribution in [3.63, 3.8) is 0 Å². The van der Waals surface area contributed by atoms with E-state index >= 15 is 0 Å². The van der Waals surface area contributed by atoms with E-state index in [0.717, 1.165) is 18.4 Å². The van der Waals surface area contributed by atoms with Gasteiger partial charge in [-0.1, -0.05) is 53.2 Å². The molecule has 5 saturated heterocycles. The summed E-state index contributed by atoms with van der Waals surface area (Å²) in [6.45, 7) is 12.3. The molecule has 29 nitrogen and oxygen atoms in total. The number of hydrogen-bond acceptors (Lipinski definition) is 29. The molecule has 3 saturated carbocycles. The van der Waals surface area contributed by atoms with Gasteiger partial charge in [-0.05, 0) is 99.7 Å². The molecule has 0 amide bonds. The highest BCUT2D eigenvalue weighted by Gasteiger charge is 2.71. The first-order valence-corrected chi connectivity index (χ1v) is 31.6. The highest BCUT2D eigenvalue weighted by molar-refractivity contribution is 5.32. The molecule has 0 aromatic rings. The Morgan fingerprint density at radius 2 is 0.978 bits per heavy atom. The van der Waals surface area contributed by atoms with Gasteiger partial charge < -0.3 is 144 Å². The van der Waals surface area contributed by atoms with Gasteiger partial charge in [-0.3, -0.25) is 0 Å². The lowest BCUT2D eigenvalue weighted by molar-refractivity contribution is -0.380. The lowest BCUT2D eigenvalue weighted by Crippen LogP contribution is -2.66. The number of rotatable bonds is 20. The molecule has 89 heavy (non-hydrogen) atoms. The smallest absolute Gasteiger partial charge is 0.187 e. The summed E-state index contributed by atoms with van der Waals surface area (Å²) in [5.41, 5.74) is -2.49. The van der Waals surface area contributed by atoms with Gasteiger partial charge >= 0.3 is 0 Å². The third-order valence-electron chi connectivity index (χ3n) is 22.9. The van der Waals surface area contributed by atoms with Gasteiger partial charge in [0.05, 0.1) is 56.9 Å². The highest BCUT2D eigenvalue weighted by atomic mass is 16.8. The van der Waals surface area contributed by atoms with Gasteiger partial charge in [-0.2, -0.15) is 0 Å². The SMILES string of the molecule is C[C@@H](CC[C@H](O[C@H]1O[C@@H](CO[C@H]2O[C@@H](CO)[C@H](O)[C@@H](O)[C@@H]2O)[C@H](O)[C@@H](O)[C@@H]1O[C@H]1O[C@@H](CO)[C@H](O)[C@@H](O)[C@@H]1O)C(C)(C)O)[C@@H]1CC[C@]2(C)[C@H]3CC=C4[C@H](CC[C@@H](O[C@H]5O[C@@H](CO)[C@H](O[C@H]6O[C@@H](CO)[C@H](O)[C@@H](O)[C@@H]6O)[C@@H](O)[C@@H]5O)C4(C)C)[C@@]3(C)[C@@H](O)C[C@@]12C. The molecule has 35 atom stereocenters. The predicted molar refractivity (Wildman–Crippen MR) is 300 cm³/mol. The van der Waals surface area contributed by atoms with Gasteiger partial charge in [-0.15, -0.1) is 0 Å². The standard InChI is InChI=1S/C60H102O29/c1-23(9-13-35(57(4,5)79)87-55-50(89-54-47(77)42(72)38(68)29(20-63)83-54)43(73)39(69)31(85-55)22-80-51-45(75)40(70)36(66)27(18-61)81-51)24-15-16-58(6)32-12-10-25-26(60(32,8)33(65)17-59(24,58)7)11-14-34(56(25,2)3)86-52-48(78)44(74)49(30(21-64)84-52)88-53-46(76)41(71)37(67)28(19-62)82-53/h10,23-24,26-55,61-79H,9,11-22H2,1-8H3/t23-,24-,26-,27-,28-,29-,30-,31-,32+,33-,34+,35-,36-,37-,38-,39-,40+,41+,42+,43+,44-,45-,46-,47-,48-,49-,50-,51-,52+,53+,54+,55+,58+,59-,60+/m0/s1. The van der Waals surface area contributed by atoms with E-state index in [-0.39, 0.29) is 35.5 Å². The Bertz CT molecular complexity index is 2340. The van der Waals surface area contributed by atoms with Crippen LogP contribution in [0.25, 0.3) is 0 Å². The van der Waals surface area contributed by atoms with E-state index in [1.165, 1.54) is 13.8 Å². The van der Waals surface area contributed by atoms with Gasteiger partial charge in [0.25, 0.3) is 0 Å². The van der Waals surface area contributed by atoms with E-state index in [4.69, 9.17) is 47.4 Å².